The van der Waals surface area contributed by atoms with Gasteiger partial charge in [-0.3, -0.25) is 4.79 Å². The second-order valence-electron chi connectivity index (χ2n) is 14.1. The van der Waals surface area contributed by atoms with Crippen LogP contribution in [0, 0.1) is 0 Å². The van der Waals surface area contributed by atoms with Crippen molar-refractivity contribution in [3.63, 3.8) is 0 Å². The van der Waals surface area contributed by atoms with Gasteiger partial charge < -0.3 is 52.3 Å². The van der Waals surface area contributed by atoms with E-state index in [-0.39, 0.29) is 48.9 Å². The van der Waals surface area contributed by atoms with Crippen molar-refractivity contribution < 1.29 is 30.1 Å². The average molecular weight is 613 g/mol. The molecule has 3 aliphatic rings. The lowest BCUT2D eigenvalue weighted by atomic mass is 9.86. The second-order valence-corrected chi connectivity index (χ2v) is 14.1. The Bertz CT molecular complexity index is 858. The number of aliphatic hydroxyl groups is 3. The predicted molar refractivity (Wildman–Crippen MR) is 169 cm³/mol. The van der Waals surface area contributed by atoms with Crippen LogP contribution in [-0.2, 0) is 4.79 Å². The van der Waals surface area contributed by atoms with E-state index in [9.17, 15) is 25.2 Å². The molecule has 12 nitrogen and oxygen atoms in total. The Hall–Kier alpha value is -1.22. The van der Waals surface area contributed by atoms with E-state index in [0.29, 0.717) is 19.0 Å². The van der Waals surface area contributed by atoms with Crippen molar-refractivity contribution in [2.24, 2.45) is 10.7 Å². The Morgan fingerprint density at radius 3 is 2.70 bits per heavy atom. The third-order valence-electron chi connectivity index (χ3n) is 9.85. The van der Waals surface area contributed by atoms with Gasteiger partial charge in [-0.05, 0) is 59.4 Å². The molecule has 0 spiro atoms. The monoisotopic (exact) mass is 612 g/mol. The van der Waals surface area contributed by atoms with Crippen LogP contribution in [-0.4, -0.2) is 119 Å². The third-order valence-corrected chi connectivity index (χ3v) is 9.85. The van der Waals surface area contributed by atoms with Crippen LogP contribution in [0.1, 0.15) is 97.8 Å². The highest BCUT2D eigenvalue weighted by Gasteiger charge is 2.41. The molecule has 12 heteroatoms. The van der Waals surface area contributed by atoms with Crippen LogP contribution in [0.2, 0.25) is 0 Å². The molecule has 0 saturated carbocycles. The summed E-state index contributed by atoms with van der Waals surface area (Å²) in [6.07, 6.45) is 10.5. The highest BCUT2D eigenvalue weighted by atomic mass is 16.4. The SMILES string of the molecule is CC(O)CNC(CCCCCCCC(O)(CNC1(C)CCNC(N)C1)CC(=O)O)CC1NC(C)C(O)CC1[NH+]1CC=NC1. The van der Waals surface area contributed by atoms with Crippen molar-refractivity contribution in [3.05, 3.63) is 0 Å². The molecule has 2 fully saturated rings. The van der Waals surface area contributed by atoms with Gasteiger partial charge in [0.05, 0.1) is 42.7 Å². The zero-order valence-electron chi connectivity index (χ0n) is 26.9. The Kier molecular flexibility index (Phi) is 14.7. The zero-order valence-corrected chi connectivity index (χ0v) is 26.9. The van der Waals surface area contributed by atoms with Gasteiger partial charge in [-0.2, -0.15) is 0 Å². The molecule has 0 aromatic carbocycles. The molecule has 250 valence electrons. The molecule has 0 aliphatic carbocycles. The molecule has 3 rings (SSSR count). The van der Waals surface area contributed by atoms with Gasteiger partial charge in [-0.1, -0.05) is 32.1 Å². The number of hydrogen-bond donors (Lipinski definition) is 10. The molecule has 3 heterocycles. The number of nitrogens with zero attached hydrogens (tertiary/aromatic N) is 1. The van der Waals surface area contributed by atoms with E-state index in [1.54, 1.807) is 6.92 Å². The van der Waals surface area contributed by atoms with Gasteiger partial charge >= 0.3 is 5.97 Å². The lowest BCUT2D eigenvalue weighted by molar-refractivity contribution is -0.914. The van der Waals surface area contributed by atoms with Crippen LogP contribution in [0.25, 0.3) is 0 Å². The van der Waals surface area contributed by atoms with Crippen molar-refractivity contribution >= 4 is 12.2 Å². The number of piperidine rings is 2. The van der Waals surface area contributed by atoms with Crippen LogP contribution in [0.15, 0.2) is 4.99 Å². The number of aliphatic imine (C=N–C) groups is 1. The van der Waals surface area contributed by atoms with E-state index in [1.165, 1.54) is 4.90 Å². The Morgan fingerprint density at radius 1 is 1.28 bits per heavy atom. The number of quaternary nitrogens is 1. The summed E-state index contributed by atoms with van der Waals surface area (Å²) in [4.78, 5) is 17.4. The number of aliphatic carboxylic acids is 1. The Morgan fingerprint density at radius 2 is 2.02 bits per heavy atom. The largest absolute Gasteiger partial charge is 0.481 e. The van der Waals surface area contributed by atoms with E-state index in [1.807, 2.05) is 6.21 Å². The first-order valence-electron chi connectivity index (χ1n) is 16.7. The fraction of sp³-hybridized carbons (Fsp3) is 0.935. The van der Waals surface area contributed by atoms with E-state index >= 15 is 0 Å². The molecule has 3 aliphatic heterocycles. The molecule has 10 atom stereocenters. The maximum atomic E-state index is 11.5. The summed E-state index contributed by atoms with van der Waals surface area (Å²) in [7, 11) is 0. The van der Waals surface area contributed by atoms with Crippen molar-refractivity contribution in [2.45, 2.75) is 152 Å². The van der Waals surface area contributed by atoms with Crippen molar-refractivity contribution in [2.75, 3.05) is 32.8 Å². The van der Waals surface area contributed by atoms with E-state index in [2.05, 4.69) is 40.1 Å². The second kappa shape index (κ2) is 17.5. The fourth-order valence-electron chi connectivity index (χ4n) is 7.15. The Labute approximate surface area is 258 Å². The van der Waals surface area contributed by atoms with Crippen molar-refractivity contribution in [1.82, 2.24) is 21.3 Å². The summed E-state index contributed by atoms with van der Waals surface area (Å²) in [5.74, 6) is -0.982. The van der Waals surface area contributed by atoms with Gasteiger partial charge in [0, 0.05) is 37.1 Å². The maximum absolute atomic E-state index is 11.5. The van der Waals surface area contributed by atoms with Gasteiger partial charge in [0.25, 0.3) is 0 Å². The van der Waals surface area contributed by atoms with Crippen molar-refractivity contribution in [3.8, 4) is 0 Å². The number of hydrogen-bond acceptors (Lipinski definition) is 10. The quantitative estimate of drug-likeness (QED) is 0.0817. The number of rotatable bonds is 19. The minimum atomic E-state index is -1.28. The minimum Gasteiger partial charge on any atom is -0.481 e. The van der Waals surface area contributed by atoms with Gasteiger partial charge in [-0.15, -0.1) is 0 Å². The summed E-state index contributed by atoms with van der Waals surface area (Å²) in [6, 6.07) is 0.885. The first-order valence-corrected chi connectivity index (χ1v) is 16.7. The predicted octanol–water partition coefficient (Wildman–Crippen LogP) is -0.925. The van der Waals surface area contributed by atoms with E-state index in [0.717, 1.165) is 84.0 Å². The standard InChI is InChI=1S/C31H61N7O5/c1-22(39)19-35-24(15-25-26(38-14-13-33-21-38)16-27(40)23(2)37-25)9-7-5-4-6-8-10-31(43,18-29(41)42)20-36-30(3)11-12-34-28(32)17-30/h13,22-28,34-37,39-40,43H,4-12,14-21,32H2,1-3H3,(H,41,42)/p+1. The number of carboxylic acid groups (broad SMARTS) is 1. The summed E-state index contributed by atoms with van der Waals surface area (Å²) in [5, 5.41) is 55.1. The van der Waals surface area contributed by atoms with Gasteiger partial charge in [-0.25, -0.2) is 4.99 Å². The number of carbonyl (C=O) groups is 1. The molecular formula is C31H62N7O5+. The molecule has 0 aromatic heterocycles. The van der Waals surface area contributed by atoms with E-state index < -0.39 is 17.7 Å². The molecular weight excluding hydrogens is 550 g/mol. The van der Waals surface area contributed by atoms with Crippen LogP contribution < -0.4 is 31.9 Å². The summed E-state index contributed by atoms with van der Waals surface area (Å²) < 4.78 is 0. The van der Waals surface area contributed by atoms with Crippen LogP contribution >= 0.6 is 0 Å². The Balaban J connectivity index is 1.43. The van der Waals surface area contributed by atoms with Crippen LogP contribution in [0.3, 0.4) is 0 Å². The van der Waals surface area contributed by atoms with Crippen molar-refractivity contribution in [1.29, 1.82) is 0 Å². The number of β-amino-alcohol motifs (C(OH)–C–C–N with tert-alkyl or cyclic N) is 1. The maximum Gasteiger partial charge on any atom is 0.306 e. The number of nitrogens with one attached hydrogen (secondary N) is 5. The molecule has 0 radical (unpaired) electrons. The molecule has 0 aromatic rings. The molecule has 43 heavy (non-hydrogen) atoms. The molecule has 10 unspecified atom stereocenters. The summed E-state index contributed by atoms with van der Waals surface area (Å²) in [6.45, 7) is 9.21. The highest BCUT2D eigenvalue weighted by Crippen LogP contribution is 2.25. The number of nitrogens with two attached hydrogens (primary N) is 1. The lowest BCUT2D eigenvalue weighted by Crippen LogP contribution is -3.16. The normalized spacial score (nSPS) is 34.1. The topological polar surface area (TPSA) is 189 Å². The lowest BCUT2D eigenvalue weighted by Gasteiger charge is -2.42. The number of unbranched alkanes of at least 4 members (excludes halogenated alkanes) is 4. The number of carboxylic acids is 1. The number of aliphatic hydroxyl groups excluding tert-OH is 2. The molecule has 2 saturated heterocycles. The summed E-state index contributed by atoms with van der Waals surface area (Å²) >= 11 is 0. The molecule has 0 bridgehead atoms. The fourth-order valence-corrected chi connectivity index (χ4v) is 7.15. The smallest absolute Gasteiger partial charge is 0.306 e. The van der Waals surface area contributed by atoms with Gasteiger partial charge in [0.15, 0.2) is 6.67 Å². The minimum absolute atomic E-state index is 0.0525. The summed E-state index contributed by atoms with van der Waals surface area (Å²) in [5.41, 5.74) is 4.57. The van der Waals surface area contributed by atoms with Gasteiger partial charge in [0.2, 0.25) is 0 Å². The zero-order chi connectivity index (χ0) is 31.5. The first kappa shape index (κ1) is 36.3. The van der Waals surface area contributed by atoms with Gasteiger partial charge in [0.1, 0.15) is 12.6 Å². The van der Waals surface area contributed by atoms with E-state index in [4.69, 9.17) is 5.73 Å². The highest BCUT2D eigenvalue weighted by molar-refractivity contribution is 5.68. The van der Waals surface area contributed by atoms with Crippen LogP contribution in [0.5, 0.6) is 0 Å². The first-order chi connectivity index (χ1) is 20.4. The molecule has 11 N–H and O–H groups in total. The van der Waals surface area contributed by atoms with Crippen LogP contribution in [0.4, 0.5) is 0 Å². The third kappa shape index (κ3) is 12.6. The molecule has 0 amide bonds. The average Bonchev–Trinajstić information content (AvgIpc) is 3.46.